The molecule has 0 aliphatic carbocycles. The van der Waals surface area contributed by atoms with E-state index in [-0.39, 0.29) is 11.3 Å². The van der Waals surface area contributed by atoms with Gasteiger partial charge in [-0.1, -0.05) is 0 Å². The van der Waals surface area contributed by atoms with Crippen LogP contribution in [0.4, 0.5) is 0 Å². The Hall–Kier alpha value is -0.160. The van der Waals surface area contributed by atoms with Crippen molar-refractivity contribution in [3.05, 3.63) is 0 Å². The topological polar surface area (TPSA) is 42.5 Å². The van der Waals surface area contributed by atoms with Crippen molar-refractivity contribution >= 4 is 0 Å². The predicted molar refractivity (Wildman–Crippen MR) is 56.7 cm³/mol. The number of rotatable bonds is 0. The molecule has 0 bridgehead atoms. The number of hydrogen-bond donors (Lipinski definition) is 2. The van der Waals surface area contributed by atoms with E-state index in [4.69, 9.17) is 9.47 Å². The quantitative estimate of drug-likeness (QED) is 0.603. The smallest absolute Gasteiger partial charge is 0.122 e. The molecule has 0 radical (unpaired) electrons. The van der Waals surface area contributed by atoms with Gasteiger partial charge in [0.05, 0.1) is 12.2 Å². The molecule has 1 unspecified atom stereocenters. The van der Waals surface area contributed by atoms with Crippen molar-refractivity contribution in [3.63, 3.8) is 0 Å². The first kappa shape index (κ1) is 10.0. The molecule has 4 heteroatoms. The number of hydrogen-bond acceptors (Lipinski definition) is 4. The van der Waals surface area contributed by atoms with Crippen molar-refractivity contribution in [2.24, 2.45) is 0 Å². The Morgan fingerprint density at radius 3 is 2.53 bits per heavy atom. The van der Waals surface area contributed by atoms with Crippen molar-refractivity contribution < 1.29 is 9.47 Å². The second-order valence-corrected chi connectivity index (χ2v) is 5.01. The molecule has 3 rings (SSSR count). The van der Waals surface area contributed by atoms with E-state index in [1.54, 1.807) is 0 Å². The second kappa shape index (κ2) is 3.70. The summed E-state index contributed by atoms with van der Waals surface area (Å²) in [5.41, 5.74) is -0.0280. The summed E-state index contributed by atoms with van der Waals surface area (Å²) in [6.07, 6.45) is 4.33. The van der Waals surface area contributed by atoms with Gasteiger partial charge in [0.15, 0.2) is 0 Å². The van der Waals surface area contributed by atoms with Gasteiger partial charge in [0, 0.05) is 32.4 Å². The maximum Gasteiger partial charge on any atom is 0.122 e. The van der Waals surface area contributed by atoms with Crippen LogP contribution in [0.1, 0.15) is 25.7 Å². The minimum Gasteiger partial charge on any atom is -0.378 e. The first-order valence-electron chi connectivity index (χ1n) is 6.06. The van der Waals surface area contributed by atoms with Crippen LogP contribution in [-0.2, 0) is 9.47 Å². The minimum atomic E-state index is -0.0583. The van der Waals surface area contributed by atoms with Crippen LogP contribution in [0.3, 0.4) is 0 Å². The summed E-state index contributed by atoms with van der Waals surface area (Å²) < 4.78 is 11.9. The lowest BCUT2D eigenvalue weighted by Gasteiger charge is -2.48. The van der Waals surface area contributed by atoms with Crippen LogP contribution >= 0.6 is 0 Å². The first-order chi connectivity index (χ1) is 7.33. The zero-order valence-corrected chi connectivity index (χ0v) is 9.18. The summed E-state index contributed by atoms with van der Waals surface area (Å²) in [7, 11) is 0. The van der Waals surface area contributed by atoms with E-state index in [9.17, 15) is 0 Å². The van der Waals surface area contributed by atoms with Gasteiger partial charge in [-0.15, -0.1) is 0 Å². The van der Waals surface area contributed by atoms with E-state index in [1.807, 2.05) is 0 Å². The van der Waals surface area contributed by atoms with Crippen molar-refractivity contribution in [1.29, 1.82) is 0 Å². The summed E-state index contributed by atoms with van der Waals surface area (Å²) in [6, 6.07) is 0. The van der Waals surface area contributed by atoms with Crippen LogP contribution in [0.15, 0.2) is 0 Å². The molecule has 3 saturated heterocycles. The van der Waals surface area contributed by atoms with Crippen LogP contribution < -0.4 is 10.6 Å². The summed E-state index contributed by atoms with van der Waals surface area (Å²) in [5.74, 6) is 0. The van der Waals surface area contributed by atoms with Gasteiger partial charge < -0.3 is 14.8 Å². The third-order valence-corrected chi connectivity index (χ3v) is 3.92. The molecule has 15 heavy (non-hydrogen) atoms. The van der Waals surface area contributed by atoms with Gasteiger partial charge in [0.25, 0.3) is 0 Å². The molecule has 0 aromatic rings. The molecule has 2 N–H and O–H groups in total. The van der Waals surface area contributed by atoms with E-state index >= 15 is 0 Å². The van der Waals surface area contributed by atoms with E-state index in [1.165, 1.54) is 0 Å². The van der Waals surface area contributed by atoms with Crippen molar-refractivity contribution in [2.45, 2.75) is 37.0 Å². The summed E-state index contributed by atoms with van der Waals surface area (Å²) in [5, 5.41) is 6.95. The highest BCUT2D eigenvalue weighted by molar-refractivity contribution is 4.97. The molecule has 86 valence electrons. The molecule has 1 atom stereocenters. The molecule has 0 amide bonds. The Kier molecular flexibility index (Phi) is 2.47. The largest absolute Gasteiger partial charge is 0.378 e. The Labute approximate surface area is 90.7 Å². The SMILES string of the molecule is C1CC2(CCN1)NCCC1(CCOC1)O2. The third-order valence-electron chi connectivity index (χ3n) is 3.92. The third kappa shape index (κ3) is 1.80. The van der Waals surface area contributed by atoms with Gasteiger partial charge >= 0.3 is 0 Å². The van der Waals surface area contributed by atoms with Crippen LogP contribution in [0.2, 0.25) is 0 Å². The highest BCUT2D eigenvalue weighted by Gasteiger charge is 2.47. The van der Waals surface area contributed by atoms with Gasteiger partial charge in [-0.3, -0.25) is 5.32 Å². The van der Waals surface area contributed by atoms with Gasteiger partial charge in [-0.25, -0.2) is 0 Å². The zero-order chi connectivity index (χ0) is 10.2. The van der Waals surface area contributed by atoms with Crippen LogP contribution in [-0.4, -0.2) is 44.2 Å². The van der Waals surface area contributed by atoms with E-state index in [0.717, 1.165) is 58.5 Å². The van der Waals surface area contributed by atoms with E-state index < -0.39 is 0 Å². The average molecular weight is 212 g/mol. The molecule has 3 aliphatic heterocycles. The summed E-state index contributed by atoms with van der Waals surface area (Å²) in [4.78, 5) is 0. The molecular formula is C11H20N2O2. The fourth-order valence-electron chi connectivity index (χ4n) is 3.00. The van der Waals surface area contributed by atoms with Gasteiger partial charge in [0.2, 0.25) is 0 Å². The normalized spacial score (nSPS) is 40.0. The van der Waals surface area contributed by atoms with Crippen molar-refractivity contribution in [1.82, 2.24) is 10.6 Å². The Balaban J connectivity index is 1.74. The number of nitrogens with one attached hydrogen (secondary N) is 2. The maximum atomic E-state index is 6.39. The lowest BCUT2D eigenvalue weighted by atomic mass is 9.91. The highest BCUT2D eigenvalue weighted by atomic mass is 16.6. The molecule has 0 saturated carbocycles. The Morgan fingerprint density at radius 1 is 0.933 bits per heavy atom. The number of piperidine rings is 1. The lowest BCUT2D eigenvalue weighted by Crippen LogP contribution is -2.63. The Morgan fingerprint density at radius 2 is 1.80 bits per heavy atom. The van der Waals surface area contributed by atoms with Gasteiger partial charge in [-0.05, 0) is 19.5 Å². The maximum absolute atomic E-state index is 6.39. The standard InChI is InChI=1S/C11H20N2O2/c1-7-13-11(2-5-12-6-3-11)15-10(1)4-8-14-9-10/h12-13H,1-9H2. The number of ether oxygens (including phenoxy) is 2. The van der Waals surface area contributed by atoms with Crippen molar-refractivity contribution in [3.8, 4) is 0 Å². The molecule has 3 heterocycles. The zero-order valence-electron chi connectivity index (χ0n) is 9.18. The van der Waals surface area contributed by atoms with Crippen LogP contribution in [0.5, 0.6) is 0 Å². The minimum absolute atomic E-state index is 0.0303. The summed E-state index contributed by atoms with van der Waals surface area (Å²) in [6.45, 7) is 4.86. The van der Waals surface area contributed by atoms with Gasteiger partial charge in [-0.2, -0.15) is 0 Å². The van der Waals surface area contributed by atoms with Crippen molar-refractivity contribution in [2.75, 3.05) is 32.8 Å². The molecule has 0 aromatic carbocycles. The molecule has 3 fully saturated rings. The predicted octanol–water partition coefficient (Wildman–Crippen LogP) is 0.235. The monoisotopic (exact) mass is 212 g/mol. The second-order valence-electron chi connectivity index (χ2n) is 5.01. The summed E-state index contributed by atoms with van der Waals surface area (Å²) >= 11 is 0. The van der Waals surface area contributed by atoms with E-state index in [0.29, 0.717) is 0 Å². The first-order valence-corrected chi connectivity index (χ1v) is 6.06. The molecule has 3 aliphatic rings. The van der Waals surface area contributed by atoms with E-state index in [2.05, 4.69) is 10.6 Å². The molecular weight excluding hydrogens is 192 g/mol. The average Bonchev–Trinajstić information content (AvgIpc) is 2.67. The van der Waals surface area contributed by atoms with Crippen LogP contribution in [0.25, 0.3) is 0 Å². The van der Waals surface area contributed by atoms with Crippen LogP contribution in [0, 0.1) is 0 Å². The molecule has 0 aromatic heterocycles. The fourth-order valence-corrected chi connectivity index (χ4v) is 3.00. The fraction of sp³-hybridized carbons (Fsp3) is 1.00. The lowest BCUT2D eigenvalue weighted by molar-refractivity contribution is -0.209. The molecule has 4 nitrogen and oxygen atoms in total. The Bertz CT molecular complexity index is 227. The van der Waals surface area contributed by atoms with Gasteiger partial charge in [0.1, 0.15) is 5.72 Å². The molecule has 2 spiro atoms. The highest BCUT2D eigenvalue weighted by Crippen LogP contribution is 2.37.